The summed E-state index contributed by atoms with van der Waals surface area (Å²) in [5, 5.41) is 0. The van der Waals surface area contributed by atoms with Crippen molar-refractivity contribution >= 4 is 11.9 Å². The first-order valence-corrected chi connectivity index (χ1v) is 4.62. The summed E-state index contributed by atoms with van der Waals surface area (Å²) in [6, 6.07) is 0. The van der Waals surface area contributed by atoms with Gasteiger partial charge in [-0.3, -0.25) is 9.59 Å². The van der Waals surface area contributed by atoms with E-state index in [9.17, 15) is 9.59 Å². The molecule has 76 valence electrons. The highest BCUT2D eigenvalue weighted by atomic mass is 16.6. The summed E-state index contributed by atoms with van der Waals surface area (Å²) >= 11 is 0. The van der Waals surface area contributed by atoms with E-state index in [0.717, 1.165) is 5.57 Å². The Morgan fingerprint density at radius 2 is 2.07 bits per heavy atom. The number of carbonyl (C=O) groups excluding carboxylic acids is 2. The summed E-state index contributed by atoms with van der Waals surface area (Å²) in [6.07, 6.45) is 1.58. The highest BCUT2D eigenvalue weighted by Gasteiger charge is 2.52. The number of rotatable bonds is 1. The monoisotopic (exact) mass is 196 g/mol. The SMILES string of the molecule is CC(C)=CC1OCC2C(=O)OC(=O)C12. The van der Waals surface area contributed by atoms with Gasteiger partial charge in [0.05, 0.1) is 18.6 Å². The van der Waals surface area contributed by atoms with Crippen LogP contribution in [-0.2, 0) is 19.1 Å². The molecule has 4 nitrogen and oxygen atoms in total. The Hall–Kier alpha value is -1.16. The largest absolute Gasteiger partial charge is 0.393 e. The molecule has 14 heavy (non-hydrogen) atoms. The van der Waals surface area contributed by atoms with E-state index in [1.54, 1.807) is 0 Å². The molecule has 0 saturated carbocycles. The fourth-order valence-corrected chi connectivity index (χ4v) is 1.89. The standard InChI is InChI=1S/C10H12O4/c1-5(2)3-7-8-6(4-13-7)9(11)14-10(8)12/h3,6-8H,4H2,1-2H3. The Balaban J connectivity index is 2.22. The second kappa shape index (κ2) is 3.20. The second-order valence-electron chi connectivity index (χ2n) is 3.91. The van der Waals surface area contributed by atoms with Gasteiger partial charge in [0, 0.05) is 0 Å². The Bertz CT molecular complexity index is 314. The van der Waals surface area contributed by atoms with Crippen molar-refractivity contribution in [1.82, 2.24) is 0 Å². The van der Waals surface area contributed by atoms with Crippen molar-refractivity contribution < 1.29 is 19.1 Å². The summed E-state index contributed by atoms with van der Waals surface area (Å²) in [5.74, 6) is -1.69. The lowest BCUT2D eigenvalue weighted by atomic mass is 9.92. The average Bonchev–Trinajstić information content (AvgIpc) is 2.56. The van der Waals surface area contributed by atoms with Crippen molar-refractivity contribution in [1.29, 1.82) is 0 Å². The zero-order valence-corrected chi connectivity index (χ0v) is 8.15. The lowest BCUT2D eigenvalue weighted by Gasteiger charge is -2.09. The molecule has 0 amide bonds. The number of ether oxygens (including phenoxy) is 2. The molecule has 0 radical (unpaired) electrons. The first-order chi connectivity index (χ1) is 6.59. The molecule has 4 heteroatoms. The van der Waals surface area contributed by atoms with Gasteiger partial charge < -0.3 is 9.47 Å². The zero-order chi connectivity index (χ0) is 10.3. The normalized spacial score (nSPS) is 35.4. The fraction of sp³-hybridized carbons (Fsp3) is 0.600. The van der Waals surface area contributed by atoms with Crippen LogP contribution in [0.1, 0.15) is 13.8 Å². The van der Waals surface area contributed by atoms with E-state index in [0.29, 0.717) is 6.61 Å². The molecule has 3 unspecified atom stereocenters. The molecule has 2 fully saturated rings. The Kier molecular flexibility index (Phi) is 2.15. The number of hydrogen-bond donors (Lipinski definition) is 0. The van der Waals surface area contributed by atoms with Gasteiger partial charge in [-0.1, -0.05) is 11.6 Å². The predicted octanol–water partition coefficient (Wildman–Crippen LogP) is 0.667. The Morgan fingerprint density at radius 3 is 2.71 bits per heavy atom. The van der Waals surface area contributed by atoms with Gasteiger partial charge in [0.1, 0.15) is 5.92 Å². The second-order valence-corrected chi connectivity index (χ2v) is 3.91. The molecule has 0 aromatic heterocycles. The van der Waals surface area contributed by atoms with Gasteiger partial charge in [-0.05, 0) is 13.8 Å². The van der Waals surface area contributed by atoms with Crippen LogP contribution in [0.25, 0.3) is 0 Å². The third-order valence-corrected chi connectivity index (χ3v) is 2.53. The minimum absolute atomic E-state index is 0.288. The molecule has 0 aliphatic carbocycles. The lowest BCUT2D eigenvalue weighted by molar-refractivity contribution is -0.156. The molecule has 2 saturated heterocycles. The maximum Gasteiger partial charge on any atom is 0.320 e. The maximum atomic E-state index is 11.3. The molecule has 0 spiro atoms. The molecule has 3 atom stereocenters. The third-order valence-electron chi connectivity index (χ3n) is 2.53. The van der Waals surface area contributed by atoms with Crippen LogP contribution < -0.4 is 0 Å². The molecular formula is C10H12O4. The summed E-state index contributed by atoms with van der Waals surface area (Å²) in [5.41, 5.74) is 1.07. The smallest absolute Gasteiger partial charge is 0.320 e. The lowest BCUT2D eigenvalue weighted by Crippen LogP contribution is -2.22. The van der Waals surface area contributed by atoms with Gasteiger partial charge in [-0.2, -0.15) is 0 Å². The molecule has 0 bridgehead atoms. The van der Waals surface area contributed by atoms with E-state index in [1.165, 1.54) is 0 Å². The maximum absolute atomic E-state index is 11.3. The first-order valence-electron chi connectivity index (χ1n) is 4.62. The minimum Gasteiger partial charge on any atom is -0.393 e. The topological polar surface area (TPSA) is 52.6 Å². The predicted molar refractivity (Wildman–Crippen MR) is 47.3 cm³/mol. The quantitative estimate of drug-likeness (QED) is 0.351. The van der Waals surface area contributed by atoms with Gasteiger partial charge in [0.2, 0.25) is 0 Å². The molecule has 2 aliphatic rings. The van der Waals surface area contributed by atoms with Crippen LogP contribution in [0.2, 0.25) is 0 Å². The van der Waals surface area contributed by atoms with Crippen LogP contribution in [-0.4, -0.2) is 24.6 Å². The van der Waals surface area contributed by atoms with Crippen molar-refractivity contribution in [2.24, 2.45) is 11.8 Å². The van der Waals surface area contributed by atoms with E-state index in [2.05, 4.69) is 4.74 Å². The number of carbonyl (C=O) groups is 2. The summed E-state index contributed by atoms with van der Waals surface area (Å²) in [7, 11) is 0. The van der Waals surface area contributed by atoms with E-state index >= 15 is 0 Å². The van der Waals surface area contributed by atoms with Crippen molar-refractivity contribution in [2.45, 2.75) is 20.0 Å². The number of hydrogen-bond acceptors (Lipinski definition) is 4. The van der Waals surface area contributed by atoms with Crippen molar-refractivity contribution in [3.05, 3.63) is 11.6 Å². The van der Waals surface area contributed by atoms with Gasteiger partial charge in [0.25, 0.3) is 0 Å². The molecule has 2 rings (SSSR count). The van der Waals surface area contributed by atoms with Crippen LogP contribution in [0.4, 0.5) is 0 Å². The first kappa shape index (κ1) is 9.40. The van der Waals surface area contributed by atoms with Crippen LogP contribution in [0.3, 0.4) is 0 Å². The molecule has 0 aromatic carbocycles. The Labute approximate surface area is 81.9 Å². The van der Waals surface area contributed by atoms with Crippen LogP contribution in [0, 0.1) is 11.8 Å². The number of fused-ring (bicyclic) bond motifs is 1. The molecular weight excluding hydrogens is 184 g/mol. The van der Waals surface area contributed by atoms with E-state index in [-0.39, 0.29) is 12.0 Å². The zero-order valence-electron chi connectivity index (χ0n) is 8.15. The molecule has 2 heterocycles. The molecule has 0 N–H and O–H groups in total. The van der Waals surface area contributed by atoms with Crippen LogP contribution >= 0.6 is 0 Å². The number of cyclic esters (lactones) is 2. The van der Waals surface area contributed by atoms with Gasteiger partial charge in [-0.15, -0.1) is 0 Å². The summed E-state index contributed by atoms with van der Waals surface area (Å²) in [6.45, 7) is 4.15. The van der Waals surface area contributed by atoms with E-state index < -0.39 is 17.9 Å². The van der Waals surface area contributed by atoms with Crippen molar-refractivity contribution in [3.63, 3.8) is 0 Å². The number of esters is 2. The van der Waals surface area contributed by atoms with Crippen molar-refractivity contribution in [2.75, 3.05) is 6.61 Å². The van der Waals surface area contributed by atoms with Gasteiger partial charge in [0.15, 0.2) is 0 Å². The third kappa shape index (κ3) is 1.35. The Morgan fingerprint density at radius 1 is 1.36 bits per heavy atom. The van der Waals surface area contributed by atoms with Gasteiger partial charge in [-0.25, -0.2) is 0 Å². The van der Waals surface area contributed by atoms with Gasteiger partial charge >= 0.3 is 11.9 Å². The molecule has 2 aliphatic heterocycles. The summed E-state index contributed by atoms with van der Waals surface area (Å²) < 4.78 is 9.93. The fourth-order valence-electron chi connectivity index (χ4n) is 1.89. The average molecular weight is 196 g/mol. The van der Waals surface area contributed by atoms with E-state index in [4.69, 9.17) is 4.74 Å². The van der Waals surface area contributed by atoms with Crippen LogP contribution in [0.15, 0.2) is 11.6 Å². The highest BCUT2D eigenvalue weighted by Crippen LogP contribution is 2.35. The summed E-state index contributed by atoms with van der Waals surface area (Å²) in [4.78, 5) is 22.5. The van der Waals surface area contributed by atoms with E-state index in [1.807, 2.05) is 19.9 Å². The van der Waals surface area contributed by atoms with Crippen molar-refractivity contribution in [3.8, 4) is 0 Å². The minimum atomic E-state index is -0.444. The molecule has 0 aromatic rings. The highest BCUT2D eigenvalue weighted by molar-refractivity contribution is 5.97. The number of allylic oxidation sites excluding steroid dienone is 1. The van der Waals surface area contributed by atoms with Crippen LogP contribution in [0.5, 0.6) is 0 Å².